The van der Waals surface area contributed by atoms with Crippen molar-refractivity contribution in [1.29, 1.82) is 0 Å². The van der Waals surface area contributed by atoms with Crippen molar-refractivity contribution in [2.75, 3.05) is 19.6 Å². The van der Waals surface area contributed by atoms with E-state index >= 15 is 0 Å². The van der Waals surface area contributed by atoms with E-state index in [4.69, 9.17) is 0 Å². The highest BCUT2D eigenvalue weighted by Crippen LogP contribution is 2.28. The second-order valence-electron chi connectivity index (χ2n) is 6.98. The molecule has 158 valence electrons. The van der Waals surface area contributed by atoms with Gasteiger partial charge in [0, 0.05) is 6.54 Å². The summed E-state index contributed by atoms with van der Waals surface area (Å²) in [6, 6.07) is 10.6. The number of hydrogen-bond acceptors (Lipinski definition) is 4. The summed E-state index contributed by atoms with van der Waals surface area (Å²) in [6.07, 6.45) is -3.17. The maximum atomic E-state index is 12.9. The Morgan fingerprint density at radius 1 is 0.966 bits per heavy atom. The minimum Gasteiger partial charge on any atom is -0.406 e. The van der Waals surface area contributed by atoms with Crippen molar-refractivity contribution < 1.29 is 30.7 Å². The largest absolute Gasteiger partial charge is 0.573 e. The normalized spacial score (nSPS) is 16.7. The summed E-state index contributed by atoms with van der Waals surface area (Å²) in [4.78, 5) is 2.16. The summed E-state index contributed by atoms with van der Waals surface area (Å²) in [5, 5.41) is -0.570. The van der Waals surface area contributed by atoms with Gasteiger partial charge in [-0.25, -0.2) is 12.8 Å². The first-order valence-electron chi connectivity index (χ1n) is 9.20. The third-order valence-corrected chi connectivity index (χ3v) is 7.27. The zero-order valence-corrected chi connectivity index (χ0v) is 16.3. The van der Waals surface area contributed by atoms with Crippen LogP contribution in [0.15, 0.2) is 53.4 Å². The van der Waals surface area contributed by atoms with Crippen LogP contribution in [0.3, 0.4) is 0 Å². The fraction of sp³-hybridized carbons (Fsp3) is 0.400. The van der Waals surface area contributed by atoms with Gasteiger partial charge in [-0.3, -0.25) is 0 Å². The van der Waals surface area contributed by atoms with Gasteiger partial charge >= 0.3 is 6.36 Å². The molecule has 4 nitrogen and oxygen atoms in total. The predicted molar refractivity (Wildman–Crippen MR) is 99.9 cm³/mol. The Bertz CT molecular complexity index is 904. The van der Waals surface area contributed by atoms with Crippen LogP contribution in [0, 0.1) is 5.82 Å². The van der Waals surface area contributed by atoms with Crippen LogP contribution in [0.25, 0.3) is 0 Å². The number of rotatable bonds is 6. The van der Waals surface area contributed by atoms with Crippen molar-refractivity contribution in [3.8, 4) is 5.75 Å². The maximum Gasteiger partial charge on any atom is 0.573 e. The van der Waals surface area contributed by atoms with Crippen LogP contribution in [0.5, 0.6) is 5.75 Å². The molecule has 0 radical (unpaired) electrons. The third-order valence-electron chi connectivity index (χ3n) is 4.99. The van der Waals surface area contributed by atoms with Gasteiger partial charge in [0.2, 0.25) is 0 Å². The summed E-state index contributed by atoms with van der Waals surface area (Å²) < 4.78 is 79.0. The molecule has 0 aliphatic carbocycles. The van der Waals surface area contributed by atoms with Crippen molar-refractivity contribution in [3.63, 3.8) is 0 Å². The van der Waals surface area contributed by atoms with Gasteiger partial charge in [0.15, 0.2) is 9.84 Å². The fourth-order valence-electron chi connectivity index (χ4n) is 3.40. The quantitative estimate of drug-likeness (QED) is 0.643. The van der Waals surface area contributed by atoms with Gasteiger partial charge in [-0.1, -0.05) is 12.1 Å². The van der Waals surface area contributed by atoms with Crippen LogP contribution in [-0.2, 0) is 16.3 Å². The topological polar surface area (TPSA) is 46.6 Å². The number of ether oxygens (including phenoxy) is 1. The fourth-order valence-corrected chi connectivity index (χ4v) is 5.14. The second kappa shape index (κ2) is 8.71. The number of benzene rings is 2. The molecule has 0 unspecified atom stereocenters. The zero-order chi connectivity index (χ0) is 21.1. The van der Waals surface area contributed by atoms with Gasteiger partial charge < -0.3 is 9.64 Å². The molecular weight excluding hydrogens is 410 g/mol. The monoisotopic (exact) mass is 431 g/mol. The highest BCUT2D eigenvalue weighted by atomic mass is 32.2. The molecule has 0 saturated carbocycles. The molecular formula is C20H21F4NO3S. The van der Waals surface area contributed by atoms with E-state index in [1.54, 1.807) is 12.1 Å². The van der Waals surface area contributed by atoms with E-state index in [-0.39, 0.29) is 10.7 Å². The van der Waals surface area contributed by atoms with E-state index in [0.29, 0.717) is 25.9 Å². The molecule has 0 bridgehead atoms. The molecule has 0 N–H and O–H groups in total. The first-order chi connectivity index (χ1) is 13.6. The summed E-state index contributed by atoms with van der Waals surface area (Å²) in [5.74, 6) is -0.732. The SMILES string of the molecule is O=S(=O)(c1ccc(OC(F)(F)F)cc1)C1CCN(CCc2ccc(F)cc2)CC1. The van der Waals surface area contributed by atoms with Crippen LogP contribution < -0.4 is 4.74 Å². The Kier molecular flexibility index (Phi) is 6.48. The molecule has 0 spiro atoms. The Labute approximate surface area is 167 Å². The lowest BCUT2D eigenvalue weighted by atomic mass is 10.1. The smallest absolute Gasteiger partial charge is 0.406 e. The van der Waals surface area contributed by atoms with Crippen molar-refractivity contribution in [1.82, 2.24) is 4.90 Å². The van der Waals surface area contributed by atoms with E-state index in [1.807, 2.05) is 0 Å². The Morgan fingerprint density at radius 2 is 1.55 bits per heavy atom. The Balaban J connectivity index is 1.54. The molecule has 0 aromatic heterocycles. The van der Waals surface area contributed by atoms with Crippen molar-refractivity contribution in [2.45, 2.75) is 35.8 Å². The minimum absolute atomic E-state index is 0.00298. The molecule has 29 heavy (non-hydrogen) atoms. The maximum absolute atomic E-state index is 12.9. The minimum atomic E-state index is -4.82. The number of piperidine rings is 1. The van der Waals surface area contributed by atoms with E-state index < -0.39 is 27.2 Å². The van der Waals surface area contributed by atoms with Gasteiger partial charge in [-0.2, -0.15) is 0 Å². The molecule has 3 rings (SSSR count). The molecule has 1 aliphatic heterocycles. The molecule has 1 fully saturated rings. The Morgan fingerprint density at radius 3 is 2.10 bits per heavy atom. The van der Waals surface area contributed by atoms with Crippen molar-refractivity contribution in [2.24, 2.45) is 0 Å². The van der Waals surface area contributed by atoms with E-state index in [9.17, 15) is 26.0 Å². The van der Waals surface area contributed by atoms with Gasteiger partial charge in [0.25, 0.3) is 0 Å². The van der Waals surface area contributed by atoms with Crippen LogP contribution in [0.4, 0.5) is 17.6 Å². The molecule has 2 aromatic carbocycles. The number of sulfone groups is 1. The summed E-state index contributed by atoms with van der Waals surface area (Å²) in [6.45, 7) is 1.97. The summed E-state index contributed by atoms with van der Waals surface area (Å²) >= 11 is 0. The van der Waals surface area contributed by atoms with Crippen LogP contribution in [-0.4, -0.2) is 44.6 Å². The van der Waals surface area contributed by atoms with Crippen molar-refractivity contribution >= 4 is 9.84 Å². The van der Waals surface area contributed by atoms with Gasteiger partial charge in [0.1, 0.15) is 11.6 Å². The van der Waals surface area contributed by atoms with Crippen LogP contribution in [0.1, 0.15) is 18.4 Å². The second-order valence-corrected chi connectivity index (χ2v) is 9.21. The summed E-state index contributed by atoms with van der Waals surface area (Å²) in [7, 11) is -3.62. The average Bonchev–Trinajstić information content (AvgIpc) is 2.67. The van der Waals surface area contributed by atoms with Crippen molar-refractivity contribution in [3.05, 3.63) is 59.9 Å². The number of nitrogens with zero attached hydrogens (tertiary/aromatic N) is 1. The molecule has 9 heteroatoms. The first kappa shape index (κ1) is 21.6. The first-order valence-corrected chi connectivity index (χ1v) is 10.7. The highest BCUT2D eigenvalue weighted by Gasteiger charge is 2.33. The van der Waals surface area contributed by atoms with Crippen LogP contribution in [0.2, 0.25) is 0 Å². The van der Waals surface area contributed by atoms with Gasteiger partial charge in [-0.15, -0.1) is 13.2 Å². The van der Waals surface area contributed by atoms with E-state index in [1.165, 1.54) is 12.1 Å². The van der Waals surface area contributed by atoms with Crippen LogP contribution >= 0.6 is 0 Å². The third kappa shape index (κ3) is 5.93. The lowest BCUT2D eigenvalue weighted by Crippen LogP contribution is -2.40. The lowest BCUT2D eigenvalue weighted by molar-refractivity contribution is -0.274. The number of alkyl halides is 3. The predicted octanol–water partition coefficient (Wildman–Crippen LogP) is 4.21. The summed E-state index contributed by atoms with van der Waals surface area (Å²) in [5.41, 5.74) is 1.02. The van der Waals surface area contributed by atoms with Gasteiger partial charge in [0.05, 0.1) is 10.1 Å². The number of likely N-dealkylation sites (tertiary alicyclic amines) is 1. The number of halogens is 4. The molecule has 0 amide bonds. The average molecular weight is 431 g/mol. The zero-order valence-electron chi connectivity index (χ0n) is 15.5. The van der Waals surface area contributed by atoms with E-state index in [0.717, 1.165) is 42.8 Å². The van der Waals surface area contributed by atoms with E-state index in [2.05, 4.69) is 9.64 Å². The highest BCUT2D eigenvalue weighted by molar-refractivity contribution is 7.92. The lowest BCUT2D eigenvalue weighted by Gasteiger charge is -2.31. The Hall–Kier alpha value is -2.13. The molecule has 1 saturated heterocycles. The van der Waals surface area contributed by atoms with Gasteiger partial charge in [-0.05, 0) is 74.3 Å². The standard InChI is InChI=1S/C20H21F4NO3S/c21-16-3-1-15(2-4-16)9-12-25-13-10-19(11-14-25)29(26,27)18-7-5-17(6-8-18)28-20(22,23)24/h1-8,19H,9-14H2. The molecule has 2 aromatic rings. The molecule has 1 heterocycles. The molecule has 0 atom stereocenters. The molecule has 1 aliphatic rings. The number of hydrogen-bond donors (Lipinski definition) is 0.